The molecule has 0 aliphatic carbocycles. The van der Waals surface area contributed by atoms with Crippen molar-refractivity contribution in [2.75, 3.05) is 0 Å². The van der Waals surface area contributed by atoms with Gasteiger partial charge in [0.05, 0.1) is 11.9 Å². The van der Waals surface area contributed by atoms with Gasteiger partial charge in [-0.2, -0.15) is 4.98 Å². The van der Waals surface area contributed by atoms with Gasteiger partial charge in [0.2, 0.25) is 5.89 Å². The van der Waals surface area contributed by atoms with Gasteiger partial charge in [0, 0.05) is 24.4 Å². The number of nitrogens with zero attached hydrogens (tertiary/aromatic N) is 3. The number of carbonyl (C=O) groups is 1. The Kier molecular flexibility index (Phi) is 4.79. The first kappa shape index (κ1) is 17.1. The van der Waals surface area contributed by atoms with Crippen molar-refractivity contribution < 1.29 is 14.1 Å². The van der Waals surface area contributed by atoms with Gasteiger partial charge in [0.1, 0.15) is 5.60 Å². The number of fused-ring (bicyclic) bond motifs is 1. The second-order valence-electron chi connectivity index (χ2n) is 6.86. The molecular formula is C19H21N3O3. The molecule has 0 atom stereocenters. The molecule has 2 heterocycles. The third-order valence-corrected chi connectivity index (χ3v) is 3.54. The minimum absolute atomic E-state index is 0.217. The lowest BCUT2D eigenvalue weighted by molar-refractivity contribution is -0.154. The number of aryl methyl sites for hydroxylation is 1. The number of hydrogen-bond donors (Lipinski definition) is 0. The van der Waals surface area contributed by atoms with Crippen molar-refractivity contribution in [2.45, 2.75) is 45.6 Å². The molecule has 3 aromatic rings. The molecule has 0 N–H and O–H groups in total. The van der Waals surface area contributed by atoms with Gasteiger partial charge < -0.3 is 9.26 Å². The number of aromatic nitrogens is 3. The first-order valence-electron chi connectivity index (χ1n) is 8.27. The average Bonchev–Trinajstić information content (AvgIpc) is 2.99. The van der Waals surface area contributed by atoms with Crippen LogP contribution >= 0.6 is 0 Å². The third-order valence-electron chi connectivity index (χ3n) is 3.54. The fourth-order valence-electron chi connectivity index (χ4n) is 2.55. The summed E-state index contributed by atoms with van der Waals surface area (Å²) in [7, 11) is 0. The Morgan fingerprint density at radius 2 is 2.00 bits per heavy atom. The molecule has 130 valence electrons. The summed E-state index contributed by atoms with van der Waals surface area (Å²) in [5, 5.41) is 5.08. The predicted octanol–water partition coefficient (Wildman–Crippen LogP) is 3.48. The van der Waals surface area contributed by atoms with Gasteiger partial charge in [0.25, 0.3) is 0 Å². The van der Waals surface area contributed by atoms with Crippen LogP contribution in [0.3, 0.4) is 0 Å². The normalized spacial score (nSPS) is 11.6. The van der Waals surface area contributed by atoms with E-state index < -0.39 is 5.60 Å². The SMILES string of the molecule is CC(C)(C)OC(=O)CCc1nc(Cc2cccc3cccnc23)no1. The first-order chi connectivity index (χ1) is 11.9. The van der Waals surface area contributed by atoms with Crippen molar-refractivity contribution in [3.8, 4) is 0 Å². The van der Waals surface area contributed by atoms with Gasteiger partial charge in [0.15, 0.2) is 5.82 Å². The van der Waals surface area contributed by atoms with Crippen molar-refractivity contribution in [3.63, 3.8) is 0 Å². The molecule has 0 unspecified atom stereocenters. The number of rotatable bonds is 5. The van der Waals surface area contributed by atoms with Crippen LogP contribution in [0, 0.1) is 0 Å². The van der Waals surface area contributed by atoms with E-state index in [0.717, 1.165) is 16.5 Å². The second-order valence-corrected chi connectivity index (χ2v) is 6.86. The van der Waals surface area contributed by atoms with Gasteiger partial charge in [-0.05, 0) is 32.4 Å². The zero-order chi connectivity index (χ0) is 17.9. The third kappa shape index (κ3) is 4.62. The Hall–Kier alpha value is -2.76. The molecule has 25 heavy (non-hydrogen) atoms. The zero-order valence-electron chi connectivity index (χ0n) is 14.7. The molecule has 6 heteroatoms. The molecule has 0 saturated carbocycles. The highest BCUT2D eigenvalue weighted by Crippen LogP contribution is 2.18. The van der Waals surface area contributed by atoms with E-state index in [0.29, 0.717) is 24.6 Å². The monoisotopic (exact) mass is 339 g/mol. The fraction of sp³-hybridized carbons (Fsp3) is 0.368. The van der Waals surface area contributed by atoms with Crippen molar-refractivity contribution in [2.24, 2.45) is 0 Å². The van der Waals surface area contributed by atoms with Crippen LogP contribution in [-0.2, 0) is 22.4 Å². The molecule has 0 aliphatic rings. The molecule has 3 rings (SSSR count). The molecular weight excluding hydrogens is 318 g/mol. The topological polar surface area (TPSA) is 78.1 Å². The minimum Gasteiger partial charge on any atom is -0.460 e. The van der Waals surface area contributed by atoms with Crippen LogP contribution in [0.5, 0.6) is 0 Å². The van der Waals surface area contributed by atoms with E-state index in [2.05, 4.69) is 15.1 Å². The highest BCUT2D eigenvalue weighted by Gasteiger charge is 2.17. The highest BCUT2D eigenvalue weighted by atomic mass is 16.6. The van der Waals surface area contributed by atoms with Crippen LogP contribution in [-0.4, -0.2) is 26.7 Å². The van der Waals surface area contributed by atoms with Crippen LogP contribution < -0.4 is 0 Å². The van der Waals surface area contributed by atoms with Crippen molar-refractivity contribution in [1.29, 1.82) is 0 Å². The van der Waals surface area contributed by atoms with Crippen molar-refractivity contribution >= 4 is 16.9 Å². The summed E-state index contributed by atoms with van der Waals surface area (Å²) in [4.78, 5) is 20.6. The van der Waals surface area contributed by atoms with E-state index in [1.807, 2.05) is 51.1 Å². The summed E-state index contributed by atoms with van der Waals surface area (Å²) < 4.78 is 10.5. The van der Waals surface area contributed by atoms with Crippen LogP contribution in [0.15, 0.2) is 41.1 Å². The maximum absolute atomic E-state index is 11.8. The van der Waals surface area contributed by atoms with E-state index in [4.69, 9.17) is 9.26 Å². The lowest BCUT2D eigenvalue weighted by Gasteiger charge is -2.19. The molecule has 0 fully saturated rings. The van der Waals surface area contributed by atoms with Gasteiger partial charge in [-0.25, -0.2) is 0 Å². The quantitative estimate of drug-likeness (QED) is 0.662. The van der Waals surface area contributed by atoms with Gasteiger partial charge in [-0.3, -0.25) is 9.78 Å². The second kappa shape index (κ2) is 7.01. The van der Waals surface area contributed by atoms with Crippen molar-refractivity contribution in [1.82, 2.24) is 15.1 Å². The van der Waals surface area contributed by atoms with Gasteiger partial charge in [-0.1, -0.05) is 29.4 Å². The minimum atomic E-state index is -0.488. The highest BCUT2D eigenvalue weighted by molar-refractivity contribution is 5.81. The standard InChI is InChI=1S/C19H21N3O3/c1-19(2,3)24-17(23)10-9-16-21-15(22-25-16)12-14-7-4-6-13-8-5-11-20-18(13)14/h4-8,11H,9-10,12H2,1-3H3. The fourth-order valence-corrected chi connectivity index (χ4v) is 2.55. The molecule has 0 radical (unpaired) electrons. The summed E-state index contributed by atoms with van der Waals surface area (Å²) in [6.45, 7) is 5.52. The van der Waals surface area contributed by atoms with Gasteiger partial charge >= 0.3 is 5.97 Å². The average molecular weight is 339 g/mol. The number of para-hydroxylation sites is 1. The Morgan fingerprint density at radius 1 is 1.20 bits per heavy atom. The Morgan fingerprint density at radius 3 is 2.80 bits per heavy atom. The van der Waals surface area contributed by atoms with E-state index in [1.54, 1.807) is 6.20 Å². The van der Waals surface area contributed by atoms with Crippen LogP contribution in [0.4, 0.5) is 0 Å². The van der Waals surface area contributed by atoms with Crippen LogP contribution in [0.2, 0.25) is 0 Å². The summed E-state index contributed by atoms with van der Waals surface area (Å²) in [6, 6.07) is 9.95. The number of benzene rings is 1. The lowest BCUT2D eigenvalue weighted by Crippen LogP contribution is -2.24. The maximum Gasteiger partial charge on any atom is 0.306 e. The number of carbonyl (C=O) groups excluding carboxylic acids is 1. The summed E-state index contributed by atoms with van der Waals surface area (Å²) in [5.74, 6) is 0.747. The first-order valence-corrected chi connectivity index (χ1v) is 8.27. The molecule has 1 aromatic carbocycles. The van der Waals surface area contributed by atoms with Crippen LogP contribution in [0.1, 0.15) is 44.5 Å². The number of pyridine rings is 1. The van der Waals surface area contributed by atoms with Gasteiger partial charge in [-0.15, -0.1) is 0 Å². The van der Waals surface area contributed by atoms with Crippen LogP contribution in [0.25, 0.3) is 10.9 Å². The van der Waals surface area contributed by atoms with Crippen molar-refractivity contribution in [3.05, 3.63) is 53.8 Å². The molecule has 0 aliphatic heterocycles. The number of ether oxygens (including phenoxy) is 1. The number of hydrogen-bond acceptors (Lipinski definition) is 6. The largest absolute Gasteiger partial charge is 0.460 e. The zero-order valence-corrected chi connectivity index (χ0v) is 14.7. The van der Waals surface area contributed by atoms with E-state index in [-0.39, 0.29) is 12.4 Å². The molecule has 2 aromatic heterocycles. The molecule has 0 bridgehead atoms. The molecule has 0 amide bonds. The number of esters is 1. The summed E-state index contributed by atoms with van der Waals surface area (Å²) in [6.07, 6.45) is 2.89. The maximum atomic E-state index is 11.8. The lowest BCUT2D eigenvalue weighted by atomic mass is 10.1. The Labute approximate surface area is 146 Å². The Balaban J connectivity index is 1.65. The molecule has 0 saturated heterocycles. The Bertz CT molecular complexity index is 876. The van der Waals surface area contributed by atoms with E-state index in [1.165, 1.54) is 0 Å². The molecule has 0 spiro atoms. The summed E-state index contributed by atoms with van der Waals surface area (Å²) >= 11 is 0. The smallest absolute Gasteiger partial charge is 0.306 e. The van der Waals surface area contributed by atoms with E-state index in [9.17, 15) is 4.79 Å². The van der Waals surface area contributed by atoms with E-state index >= 15 is 0 Å². The predicted molar refractivity (Wildman–Crippen MR) is 93.0 cm³/mol. The summed E-state index contributed by atoms with van der Waals surface area (Å²) in [5.41, 5.74) is 1.49. The molecule has 6 nitrogen and oxygen atoms in total.